The Morgan fingerprint density at radius 2 is 2.19 bits per heavy atom. The third-order valence-electron chi connectivity index (χ3n) is 3.14. The topological polar surface area (TPSA) is 66.9 Å². The number of aromatic nitrogens is 2. The number of nitrogens with one attached hydrogen (secondary N) is 2. The maximum absolute atomic E-state index is 12.2. The molecule has 2 N–H and O–H groups in total. The van der Waals surface area contributed by atoms with Crippen molar-refractivity contribution in [2.75, 3.05) is 23.4 Å². The largest absolute Gasteiger partial charge is 0.323 e. The first-order valence-corrected chi connectivity index (χ1v) is 9.00. The van der Waals surface area contributed by atoms with Crippen LogP contribution >= 0.6 is 46.7 Å². The number of anilines is 1. The molecule has 0 radical (unpaired) electrons. The van der Waals surface area contributed by atoms with Crippen LogP contribution in [0, 0.1) is 0 Å². The summed E-state index contributed by atoms with van der Waals surface area (Å²) in [5.74, 6) is 1.94. The molecule has 1 fully saturated rings. The van der Waals surface area contributed by atoms with E-state index in [1.807, 2.05) is 11.8 Å². The molecule has 1 atom stereocenters. The number of nitrogens with zero attached hydrogens (tertiary/aromatic N) is 2. The first-order valence-electron chi connectivity index (χ1n) is 6.36. The van der Waals surface area contributed by atoms with Gasteiger partial charge in [-0.15, -0.1) is 0 Å². The highest BCUT2D eigenvalue weighted by molar-refractivity contribution is 7.99. The Balaban J connectivity index is 1.78. The van der Waals surface area contributed by atoms with Crippen LogP contribution in [-0.2, 0) is 4.79 Å². The highest BCUT2D eigenvalue weighted by Gasteiger charge is 2.20. The molecular formula is C12H12Cl2N4OS2. The van der Waals surface area contributed by atoms with Crippen LogP contribution in [0.3, 0.4) is 0 Å². The summed E-state index contributed by atoms with van der Waals surface area (Å²) >= 11 is 15.1. The van der Waals surface area contributed by atoms with Gasteiger partial charge in [0, 0.05) is 30.5 Å². The molecule has 21 heavy (non-hydrogen) atoms. The van der Waals surface area contributed by atoms with Gasteiger partial charge in [-0.05, 0) is 6.07 Å². The van der Waals surface area contributed by atoms with Gasteiger partial charge in [-0.1, -0.05) is 23.2 Å². The summed E-state index contributed by atoms with van der Waals surface area (Å²) in [5.41, 5.74) is 1.59. The van der Waals surface area contributed by atoms with Gasteiger partial charge in [0.2, 0.25) is 5.91 Å². The van der Waals surface area contributed by atoms with Gasteiger partial charge in [-0.2, -0.15) is 20.5 Å². The molecule has 1 unspecified atom stereocenters. The van der Waals surface area contributed by atoms with Crippen molar-refractivity contribution in [3.05, 3.63) is 16.1 Å². The lowest BCUT2D eigenvalue weighted by Crippen LogP contribution is -2.39. The number of benzene rings is 1. The average molecular weight is 363 g/mol. The zero-order valence-electron chi connectivity index (χ0n) is 10.9. The van der Waals surface area contributed by atoms with Gasteiger partial charge >= 0.3 is 0 Å². The number of hydrogen-bond acceptors (Lipinski definition) is 6. The van der Waals surface area contributed by atoms with Crippen LogP contribution in [0.15, 0.2) is 6.07 Å². The molecule has 3 rings (SSSR count). The predicted molar refractivity (Wildman–Crippen MR) is 89.8 cm³/mol. The van der Waals surface area contributed by atoms with Crippen LogP contribution in [-0.4, -0.2) is 38.7 Å². The van der Waals surface area contributed by atoms with Crippen LogP contribution in [0.2, 0.25) is 10.0 Å². The Morgan fingerprint density at radius 1 is 1.38 bits per heavy atom. The zero-order chi connectivity index (χ0) is 14.8. The van der Waals surface area contributed by atoms with Crippen LogP contribution in [0.1, 0.15) is 6.42 Å². The van der Waals surface area contributed by atoms with Gasteiger partial charge in [0.25, 0.3) is 0 Å². The van der Waals surface area contributed by atoms with Gasteiger partial charge in [0.1, 0.15) is 11.0 Å². The number of carbonyl (C=O) groups excluding carboxylic acids is 1. The summed E-state index contributed by atoms with van der Waals surface area (Å²) in [6.45, 7) is 0.935. The lowest BCUT2D eigenvalue weighted by molar-refractivity contribution is -0.116. The molecule has 2 aromatic rings. The Bertz CT molecular complexity index is 673. The van der Waals surface area contributed by atoms with Crippen molar-refractivity contribution >= 4 is 69.3 Å². The van der Waals surface area contributed by atoms with E-state index in [0.29, 0.717) is 33.2 Å². The molecule has 9 heteroatoms. The molecule has 112 valence electrons. The molecular weight excluding hydrogens is 351 g/mol. The van der Waals surface area contributed by atoms with E-state index in [-0.39, 0.29) is 11.9 Å². The molecule has 1 aliphatic rings. The number of carbonyl (C=O) groups is 1. The van der Waals surface area contributed by atoms with Gasteiger partial charge in [0.05, 0.1) is 27.5 Å². The SMILES string of the molecule is O=C(CC1CSCCN1)Nc1c(Cl)cc(Cl)c2nsnc12. The molecule has 0 aliphatic carbocycles. The van der Waals surface area contributed by atoms with Gasteiger partial charge < -0.3 is 10.6 Å². The third-order valence-corrected chi connectivity index (χ3v) is 5.38. The van der Waals surface area contributed by atoms with E-state index >= 15 is 0 Å². The predicted octanol–water partition coefficient (Wildman–Crippen LogP) is 3.03. The number of halogens is 2. The summed E-state index contributed by atoms with van der Waals surface area (Å²) in [6.07, 6.45) is 0.408. The summed E-state index contributed by atoms with van der Waals surface area (Å²) in [6, 6.07) is 1.77. The lowest BCUT2D eigenvalue weighted by Gasteiger charge is -2.22. The maximum atomic E-state index is 12.2. The molecule has 1 aromatic carbocycles. The second-order valence-corrected chi connectivity index (χ2v) is 7.15. The third kappa shape index (κ3) is 3.43. The van der Waals surface area contributed by atoms with E-state index in [1.165, 1.54) is 0 Å². The fourth-order valence-corrected chi connectivity index (χ4v) is 4.27. The molecule has 0 spiro atoms. The second kappa shape index (κ2) is 6.66. The fraction of sp³-hybridized carbons (Fsp3) is 0.417. The maximum Gasteiger partial charge on any atom is 0.226 e. The molecule has 1 saturated heterocycles. The minimum Gasteiger partial charge on any atom is -0.323 e. The van der Waals surface area contributed by atoms with Crippen molar-refractivity contribution < 1.29 is 4.79 Å². The van der Waals surface area contributed by atoms with Crippen molar-refractivity contribution in [3.8, 4) is 0 Å². The minimum atomic E-state index is -0.0893. The highest BCUT2D eigenvalue weighted by Crippen LogP contribution is 2.35. The highest BCUT2D eigenvalue weighted by atomic mass is 35.5. The number of rotatable bonds is 3. The Labute approximate surface area is 140 Å². The monoisotopic (exact) mass is 362 g/mol. The number of amides is 1. The number of hydrogen-bond donors (Lipinski definition) is 2. The number of fused-ring (bicyclic) bond motifs is 1. The van der Waals surface area contributed by atoms with E-state index < -0.39 is 0 Å². The molecule has 0 saturated carbocycles. The summed E-state index contributed by atoms with van der Waals surface area (Å²) in [7, 11) is 0. The Morgan fingerprint density at radius 3 is 2.95 bits per heavy atom. The van der Waals surface area contributed by atoms with Crippen LogP contribution < -0.4 is 10.6 Å². The first kappa shape index (κ1) is 15.3. The quantitative estimate of drug-likeness (QED) is 0.878. The standard InChI is InChI=1S/C12H12Cl2N4OS2/c13-7-4-8(14)11-12(18-21-17-11)10(7)16-9(19)3-6-5-20-2-1-15-6/h4,6,15H,1-3,5H2,(H,16,19). The zero-order valence-corrected chi connectivity index (χ0v) is 14.0. The van der Waals surface area contributed by atoms with Crippen molar-refractivity contribution in [1.82, 2.24) is 14.1 Å². The Hall–Kier alpha value is -0.600. The molecule has 2 heterocycles. The summed E-state index contributed by atoms with van der Waals surface area (Å²) in [4.78, 5) is 12.2. The van der Waals surface area contributed by atoms with Crippen molar-refractivity contribution in [2.45, 2.75) is 12.5 Å². The second-order valence-electron chi connectivity index (χ2n) is 4.65. The summed E-state index contributed by atoms with van der Waals surface area (Å²) in [5, 5.41) is 6.98. The van der Waals surface area contributed by atoms with Crippen molar-refractivity contribution in [3.63, 3.8) is 0 Å². The van der Waals surface area contributed by atoms with E-state index in [1.54, 1.807) is 6.07 Å². The normalized spacial score (nSPS) is 18.9. The smallest absolute Gasteiger partial charge is 0.226 e. The van der Waals surface area contributed by atoms with Gasteiger partial charge in [-0.25, -0.2) is 0 Å². The van der Waals surface area contributed by atoms with E-state index in [2.05, 4.69) is 19.4 Å². The molecule has 1 aliphatic heterocycles. The molecule has 1 aromatic heterocycles. The lowest BCUT2D eigenvalue weighted by atomic mass is 10.2. The van der Waals surface area contributed by atoms with Crippen molar-refractivity contribution in [2.24, 2.45) is 0 Å². The van der Waals surface area contributed by atoms with Gasteiger partial charge in [-0.3, -0.25) is 4.79 Å². The van der Waals surface area contributed by atoms with Crippen molar-refractivity contribution in [1.29, 1.82) is 0 Å². The minimum absolute atomic E-state index is 0.0893. The Kier molecular flexibility index (Phi) is 4.85. The van der Waals surface area contributed by atoms with Crippen LogP contribution in [0.4, 0.5) is 5.69 Å². The molecule has 5 nitrogen and oxygen atoms in total. The molecule has 0 bridgehead atoms. The number of thioether (sulfide) groups is 1. The first-order chi connectivity index (χ1) is 10.1. The van der Waals surface area contributed by atoms with Crippen LogP contribution in [0.5, 0.6) is 0 Å². The average Bonchev–Trinajstić information content (AvgIpc) is 2.94. The van der Waals surface area contributed by atoms with E-state index in [0.717, 1.165) is 29.8 Å². The van der Waals surface area contributed by atoms with E-state index in [9.17, 15) is 4.79 Å². The van der Waals surface area contributed by atoms with Crippen LogP contribution in [0.25, 0.3) is 11.0 Å². The fourth-order valence-electron chi connectivity index (χ4n) is 2.16. The summed E-state index contributed by atoms with van der Waals surface area (Å²) < 4.78 is 8.28. The molecule has 1 amide bonds. The van der Waals surface area contributed by atoms with Gasteiger partial charge in [0.15, 0.2) is 0 Å². The van der Waals surface area contributed by atoms with E-state index in [4.69, 9.17) is 23.2 Å².